The predicted octanol–water partition coefficient (Wildman–Crippen LogP) is 1.37. The summed E-state index contributed by atoms with van der Waals surface area (Å²) >= 11 is 0. The van der Waals surface area contributed by atoms with Crippen LogP contribution in [-0.2, 0) is 0 Å². The van der Waals surface area contributed by atoms with Gasteiger partial charge in [0, 0.05) is 12.1 Å². The number of nitrogens with one attached hydrogen (secondary N) is 1. The molecule has 1 fully saturated rings. The van der Waals surface area contributed by atoms with Crippen LogP contribution in [0, 0.1) is 0 Å². The zero-order valence-electron chi connectivity index (χ0n) is 9.14. The van der Waals surface area contributed by atoms with Crippen molar-refractivity contribution in [1.82, 2.24) is 9.97 Å². The second-order valence-corrected chi connectivity index (χ2v) is 4.03. The van der Waals surface area contributed by atoms with E-state index in [0.717, 1.165) is 19.3 Å². The van der Waals surface area contributed by atoms with Crippen LogP contribution in [0.15, 0.2) is 12.4 Å². The Hall–Kier alpha value is -1.50. The molecule has 1 aromatic rings. The van der Waals surface area contributed by atoms with Gasteiger partial charge in [-0.25, -0.2) is 9.97 Å². The Labute approximate surface area is 97.4 Å². The minimum Gasteiger partial charge on any atom is -0.415 e. The number of aromatic nitrogens is 2. The van der Waals surface area contributed by atoms with Crippen LogP contribution in [0.4, 0.5) is 14.6 Å². The molecule has 0 bridgehead atoms. The van der Waals surface area contributed by atoms with Crippen LogP contribution in [-0.4, -0.2) is 28.7 Å². The minimum atomic E-state index is -2.88. The Morgan fingerprint density at radius 3 is 2.71 bits per heavy atom. The number of nitrogens with zero attached hydrogens (tertiary/aromatic N) is 2. The molecule has 2 unspecified atom stereocenters. The van der Waals surface area contributed by atoms with Gasteiger partial charge in [0.2, 0.25) is 5.88 Å². The lowest BCUT2D eigenvalue weighted by Gasteiger charge is -2.12. The molecule has 0 spiro atoms. The Bertz CT molecular complexity index is 360. The number of hydrogen-bond donors (Lipinski definition) is 2. The van der Waals surface area contributed by atoms with Crippen LogP contribution in [0.5, 0.6) is 5.88 Å². The third-order valence-electron chi connectivity index (χ3n) is 2.66. The fourth-order valence-electron chi connectivity index (χ4n) is 1.90. The summed E-state index contributed by atoms with van der Waals surface area (Å²) in [5.74, 6) is 0.361. The number of halogens is 2. The van der Waals surface area contributed by atoms with E-state index in [4.69, 9.17) is 5.73 Å². The third kappa shape index (κ3) is 3.48. The van der Waals surface area contributed by atoms with Crippen molar-refractivity contribution in [3.8, 4) is 5.88 Å². The zero-order valence-corrected chi connectivity index (χ0v) is 9.14. The van der Waals surface area contributed by atoms with E-state index in [9.17, 15) is 8.78 Å². The van der Waals surface area contributed by atoms with Gasteiger partial charge in [-0.1, -0.05) is 0 Å². The molecule has 1 saturated carbocycles. The van der Waals surface area contributed by atoms with Crippen molar-refractivity contribution >= 4 is 5.82 Å². The fourth-order valence-corrected chi connectivity index (χ4v) is 1.90. The summed E-state index contributed by atoms with van der Waals surface area (Å²) in [5.41, 5.74) is 5.78. The summed E-state index contributed by atoms with van der Waals surface area (Å²) in [6, 6.07) is 0.503. The molecule has 3 N–H and O–H groups in total. The Morgan fingerprint density at radius 2 is 2.18 bits per heavy atom. The molecule has 94 valence electrons. The molecule has 2 atom stereocenters. The second-order valence-electron chi connectivity index (χ2n) is 4.03. The standard InChI is InChI=1S/C10H14F2N4O/c11-10(12)17-9-5-14-8(4-15-9)16-7-2-1-6(13)3-7/h4-7,10H,1-3,13H2,(H,14,16). The molecule has 0 radical (unpaired) electrons. The van der Waals surface area contributed by atoms with Gasteiger partial charge in [-0.15, -0.1) is 0 Å². The highest BCUT2D eigenvalue weighted by Crippen LogP contribution is 2.21. The van der Waals surface area contributed by atoms with Crippen molar-refractivity contribution in [2.45, 2.75) is 38.0 Å². The SMILES string of the molecule is NC1CCC(Nc2cnc(OC(F)F)cn2)C1. The number of nitrogens with two attached hydrogens (primary N) is 1. The second kappa shape index (κ2) is 5.22. The highest BCUT2D eigenvalue weighted by molar-refractivity contribution is 5.33. The molecule has 5 nitrogen and oxygen atoms in total. The first-order chi connectivity index (χ1) is 8.13. The molecule has 17 heavy (non-hydrogen) atoms. The van der Waals surface area contributed by atoms with Crippen molar-refractivity contribution in [2.24, 2.45) is 5.73 Å². The molecule has 2 rings (SSSR count). The van der Waals surface area contributed by atoms with E-state index in [1.165, 1.54) is 12.4 Å². The molecule has 1 heterocycles. The van der Waals surface area contributed by atoms with Gasteiger partial charge >= 0.3 is 6.61 Å². The molecule has 1 aliphatic carbocycles. The first-order valence-corrected chi connectivity index (χ1v) is 5.42. The van der Waals surface area contributed by atoms with Gasteiger partial charge in [-0.05, 0) is 19.3 Å². The Morgan fingerprint density at radius 1 is 1.35 bits per heavy atom. The van der Waals surface area contributed by atoms with Gasteiger partial charge in [-0.2, -0.15) is 8.78 Å². The summed E-state index contributed by atoms with van der Waals surface area (Å²) in [4.78, 5) is 7.67. The lowest BCUT2D eigenvalue weighted by atomic mass is 10.2. The summed E-state index contributed by atoms with van der Waals surface area (Å²) in [5, 5.41) is 3.16. The lowest BCUT2D eigenvalue weighted by molar-refractivity contribution is -0.0530. The van der Waals surface area contributed by atoms with E-state index >= 15 is 0 Å². The summed E-state index contributed by atoms with van der Waals surface area (Å²) in [7, 11) is 0. The summed E-state index contributed by atoms with van der Waals surface area (Å²) in [6.45, 7) is -2.88. The van der Waals surface area contributed by atoms with E-state index in [1.54, 1.807) is 0 Å². The summed E-state index contributed by atoms with van der Waals surface area (Å²) in [6.07, 6.45) is 5.40. The van der Waals surface area contributed by atoms with Crippen LogP contribution < -0.4 is 15.8 Å². The number of hydrogen-bond acceptors (Lipinski definition) is 5. The molecular weight excluding hydrogens is 230 g/mol. The number of alkyl halides is 2. The number of anilines is 1. The van der Waals surface area contributed by atoms with Gasteiger partial charge in [0.1, 0.15) is 5.82 Å². The molecule has 0 saturated heterocycles. The molecule has 1 aromatic heterocycles. The van der Waals surface area contributed by atoms with Gasteiger partial charge in [0.25, 0.3) is 0 Å². The van der Waals surface area contributed by atoms with Crippen LogP contribution in [0.25, 0.3) is 0 Å². The van der Waals surface area contributed by atoms with E-state index in [0.29, 0.717) is 5.82 Å². The van der Waals surface area contributed by atoms with Crippen LogP contribution in [0.1, 0.15) is 19.3 Å². The fraction of sp³-hybridized carbons (Fsp3) is 0.600. The molecule has 7 heteroatoms. The largest absolute Gasteiger partial charge is 0.415 e. The average molecular weight is 244 g/mol. The van der Waals surface area contributed by atoms with Gasteiger partial charge < -0.3 is 15.8 Å². The third-order valence-corrected chi connectivity index (χ3v) is 2.66. The Balaban J connectivity index is 1.89. The maximum Gasteiger partial charge on any atom is 0.388 e. The van der Waals surface area contributed by atoms with Crippen molar-refractivity contribution in [3.05, 3.63) is 12.4 Å². The van der Waals surface area contributed by atoms with E-state index in [1.807, 2.05) is 0 Å². The molecular formula is C10H14F2N4O. The highest BCUT2D eigenvalue weighted by atomic mass is 19.3. The molecule has 0 aromatic carbocycles. The predicted molar refractivity (Wildman–Crippen MR) is 57.9 cm³/mol. The maximum atomic E-state index is 11.9. The molecule has 1 aliphatic rings. The van der Waals surface area contributed by atoms with Crippen LogP contribution in [0.2, 0.25) is 0 Å². The Kier molecular flexibility index (Phi) is 3.68. The van der Waals surface area contributed by atoms with Crippen molar-refractivity contribution in [1.29, 1.82) is 0 Å². The number of ether oxygens (including phenoxy) is 1. The number of rotatable bonds is 4. The lowest BCUT2D eigenvalue weighted by Crippen LogP contribution is -2.21. The van der Waals surface area contributed by atoms with Crippen molar-refractivity contribution in [3.63, 3.8) is 0 Å². The quantitative estimate of drug-likeness (QED) is 0.836. The smallest absolute Gasteiger partial charge is 0.388 e. The first kappa shape index (κ1) is 12.0. The topological polar surface area (TPSA) is 73.1 Å². The maximum absolute atomic E-state index is 11.9. The molecule has 0 aliphatic heterocycles. The van der Waals surface area contributed by atoms with Crippen molar-refractivity contribution < 1.29 is 13.5 Å². The monoisotopic (exact) mass is 244 g/mol. The van der Waals surface area contributed by atoms with Gasteiger partial charge in [0.15, 0.2) is 0 Å². The minimum absolute atomic E-state index is 0.186. The van der Waals surface area contributed by atoms with Crippen LogP contribution in [0.3, 0.4) is 0 Å². The highest BCUT2D eigenvalue weighted by Gasteiger charge is 2.21. The van der Waals surface area contributed by atoms with Crippen molar-refractivity contribution in [2.75, 3.05) is 5.32 Å². The average Bonchev–Trinajstić information content (AvgIpc) is 2.66. The first-order valence-electron chi connectivity index (χ1n) is 5.42. The van der Waals surface area contributed by atoms with Gasteiger partial charge in [0.05, 0.1) is 12.4 Å². The van der Waals surface area contributed by atoms with E-state index in [-0.39, 0.29) is 18.0 Å². The van der Waals surface area contributed by atoms with E-state index < -0.39 is 6.61 Å². The van der Waals surface area contributed by atoms with E-state index in [2.05, 4.69) is 20.0 Å². The van der Waals surface area contributed by atoms with Gasteiger partial charge in [-0.3, -0.25) is 0 Å². The zero-order chi connectivity index (χ0) is 12.3. The molecule has 0 amide bonds. The normalized spacial score (nSPS) is 24.0. The summed E-state index contributed by atoms with van der Waals surface area (Å²) < 4.78 is 27.8. The van der Waals surface area contributed by atoms with Crippen LogP contribution >= 0.6 is 0 Å².